The Hall–Kier alpha value is -1.82. The summed E-state index contributed by atoms with van der Waals surface area (Å²) in [5.74, 6) is -2.05. The van der Waals surface area contributed by atoms with E-state index < -0.39 is 23.7 Å². The van der Waals surface area contributed by atoms with E-state index in [1.807, 2.05) is 0 Å². The van der Waals surface area contributed by atoms with Gasteiger partial charge in [-0.05, 0) is 12.5 Å². The minimum absolute atomic E-state index is 0.0593. The van der Waals surface area contributed by atoms with Crippen molar-refractivity contribution in [2.45, 2.75) is 12.5 Å². The molecule has 6 heteroatoms. The molecule has 1 fully saturated rings. The van der Waals surface area contributed by atoms with Crippen molar-refractivity contribution in [2.24, 2.45) is 5.92 Å². The van der Waals surface area contributed by atoms with E-state index in [2.05, 4.69) is 5.32 Å². The number of hydrogen-bond donors (Lipinski definition) is 3. The molecule has 1 heterocycles. The highest BCUT2D eigenvalue weighted by Crippen LogP contribution is 2.35. The predicted octanol–water partition coefficient (Wildman–Crippen LogP) is 1.28. The first-order valence-electron chi connectivity index (χ1n) is 5.55. The first-order valence-corrected chi connectivity index (χ1v) is 5.55. The number of phenolic OH excluding ortho intramolecular Hbond substituents is 1. The Labute approximate surface area is 103 Å². The second kappa shape index (κ2) is 4.81. The molecule has 3 N–H and O–H groups in total. The van der Waals surface area contributed by atoms with E-state index in [4.69, 9.17) is 9.84 Å². The number of carboxylic acid groups (broad SMARTS) is 1. The first-order chi connectivity index (χ1) is 8.52. The molecule has 0 aromatic heterocycles. The van der Waals surface area contributed by atoms with Crippen LogP contribution in [0.2, 0.25) is 0 Å². The molecule has 1 aliphatic rings. The van der Waals surface area contributed by atoms with Gasteiger partial charge < -0.3 is 20.3 Å². The van der Waals surface area contributed by atoms with Gasteiger partial charge in [0.05, 0.1) is 13.0 Å². The Morgan fingerprint density at radius 3 is 2.83 bits per heavy atom. The number of aromatic hydroxyl groups is 1. The van der Waals surface area contributed by atoms with E-state index in [1.54, 1.807) is 0 Å². The highest BCUT2D eigenvalue weighted by Gasteiger charge is 2.32. The second-order valence-corrected chi connectivity index (χ2v) is 4.28. The zero-order chi connectivity index (χ0) is 13.3. The van der Waals surface area contributed by atoms with Crippen LogP contribution in [-0.2, 0) is 4.79 Å². The van der Waals surface area contributed by atoms with Crippen LogP contribution in [0.15, 0.2) is 12.1 Å². The molecule has 0 radical (unpaired) electrons. The molecule has 1 aromatic rings. The number of benzene rings is 1. The fourth-order valence-corrected chi connectivity index (χ4v) is 2.15. The number of phenols is 1. The molecule has 18 heavy (non-hydrogen) atoms. The van der Waals surface area contributed by atoms with E-state index in [0.717, 1.165) is 6.07 Å². The summed E-state index contributed by atoms with van der Waals surface area (Å²) in [7, 11) is 1.34. The second-order valence-electron chi connectivity index (χ2n) is 4.28. The zero-order valence-electron chi connectivity index (χ0n) is 9.81. The van der Waals surface area contributed by atoms with Gasteiger partial charge in [-0.3, -0.25) is 4.79 Å². The summed E-state index contributed by atoms with van der Waals surface area (Å²) >= 11 is 0. The Kier molecular flexibility index (Phi) is 3.38. The minimum Gasteiger partial charge on any atom is -0.504 e. The highest BCUT2D eigenvalue weighted by molar-refractivity contribution is 5.70. The molecular formula is C12H14FNO4. The summed E-state index contributed by atoms with van der Waals surface area (Å²) in [5.41, 5.74) is 0.261. The van der Waals surface area contributed by atoms with Crippen molar-refractivity contribution in [1.82, 2.24) is 5.32 Å². The number of ether oxygens (including phenoxy) is 1. The number of aliphatic carboxylic acids is 1. The molecule has 1 aliphatic heterocycles. The van der Waals surface area contributed by atoms with E-state index in [-0.39, 0.29) is 17.1 Å². The Bertz CT molecular complexity index is 477. The van der Waals surface area contributed by atoms with Gasteiger partial charge in [-0.2, -0.15) is 0 Å². The minimum atomic E-state index is -0.900. The summed E-state index contributed by atoms with van der Waals surface area (Å²) in [6.07, 6.45) is 0.304. The molecule has 1 saturated heterocycles. The van der Waals surface area contributed by atoms with Crippen LogP contribution >= 0.6 is 0 Å². The highest BCUT2D eigenvalue weighted by atomic mass is 19.1. The van der Waals surface area contributed by atoms with E-state index >= 15 is 0 Å². The quantitative estimate of drug-likeness (QED) is 0.758. The van der Waals surface area contributed by atoms with Crippen LogP contribution in [0.5, 0.6) is 11.5 Å². The van der Waals surface area contributed by atoms with Gasteiger partial charge in [0.1, 0.15) is 5.82 Å². The molecule has 0 aliphatic carbocycles. The smallest absolute Gasteiger partial charge is 0.307 e. The fraction of sp³-hybridized carbons (Fsp3) is 0.417. The summed E-state index contributed by atoms with van der Waals surface area (Å²) in [6, 6.07) is 1.97. The number of carboxylic acids is 1. The maximum absolute atomic E-state index is 13.8. The summed E-state index contributed by atoms with van der Waals surface area (Å²) < 4.78 is 18.6. The molecule has 5 nitrogen and oxygen atoms in total. The maximum Gasteiger partial charge on any atom is 0.307 e. The Balaban J connectivity index is 2.25. The van der Waals surface area contributed by atoms with Gasteiger partial charge in [-0.15, -0.1) is 0 Å². The third-order valence-electron chi connectivity index (χ3n) is 3.15. The average molecular weight is 255 g/mol. The van der Waals surface area contributed by atoms with Crippen molar-refractivity contribution in [1.29, 1.82) is 0 Å². The summed E-state index contributed by atoms with van der Waals surface area (Å²) in [4.78, 5) is 10.8. The molecule has 0 amide bonds. The molecule has 2 rings (SSSR count). The molecule has 2 atom stereocenters. The SMILES string of the molecule is COc1cc(F)c(C2CC(C(=O)O)CN2)cc1O. The molecule has 1 aromatic carbocycles. The number of carbonyl (C=O) groups is 1. The van der Waals surface area contributed by atoms with Crippen LogP contribution in [-0.4, -0.2) is 29.8 Å². The molecule has 0 bridgehead atoms. The standard InChI is InChI=1S/C12H14FNO4/c1-18-11-4-8(13)7(3-10(11)15)9-2-6(5-14-9)12(16)17/h3-4,6,9,14-15H,2,5H2,1H3,(H,16,17). The van der Waals surface area contributed by atoms with Crippen molar-refractivity contribution in [3.63, 3.8) is 0 Å². The van der Waals surface area contributed by atoms with Gasteiger partial charge in [0, 0.05) is 24.2 Å². The van der Waals surface area contributed by atoms with E-state index in [1.165, 1.54) is 13.2 Å². The van der Waals surface area contributed by atoms with Crippen LogP contribution in [0.25, 0.3) is 0 Å². The normalized spacial score (nSPS) is 23.0. The first kappa shape index (κ1) is 12.6. The van der Waals surface area contributed by atoms with Crippen molar-refractivity contribution in [2.75, 3.05) is 13.7 Å². The number of halogens is 1. The van der Waals surface area contributed by atoms with Crippen LogP contribution in [0.1, 0.15) is 18.0 Å². The lowest BCUT2D eigenvalue weighted by molar-refractivity contribution is -0.141. The maximum atomic E-state index is 13.8. The largest absolute Gasteiger partial charge is 0.504 e. The summed E-state index contributed by atoms with van der Waals surface area (Å²) in [6.45, 7) is 0.298. The number of rotatable bonds is 3. The van der Waals surface area contributed by atoms with Crippen LogP contribution in [0.3, 0.4) is 0 Å². The lowest BCUT2D eigenvalue weighted by Gasteiger charge is -2.13. The van der Waals surface area contributed by atoms with Crippen LogP contribution < -0.4 is 10.1 Å². The zero-order valence-corrected chi connectivity index (χ0v) is 9.81. The van der Waals surface area contributed by atoms with Crippen LogP contribution in [0.4, 0.5) is 4.39 Å². The van der Waals surface area contributed by atoms with Gasteiger partial charge >= 0.3 is 5.97 Å². The van der Waals surface area contributed by atoms with E-state index in [9.17, 15) is 14.3 Å². The molecule has 2 unspecified atom stereocenters. The number of methoxy groups -OCH3 is 1. The lowest BCUT2D eigenvalue weighted by Crippen LogP contribution is -2.17. The number of nitrogens with one attached hydrogen (secondary N) is 1. The van der Waals surface area contributed by atoms with Gasteiger partial charge in [0.2, 0.25) is 0 Å². The topological polar surface area (TPSA) is 78.8 Å². The third-order valence-corrected chi connectivity index (χ3v) is 3.15. The molecule has 98 valence electrons. The van der Waals surface area contributed by atoms with Crippen molar-refractivity contribution >= 4 is 5.97 Å². The van der Waals surface area contributed by atoms with Gasteiger partial charge in [-0.25, -0.2) is 4.39 Å². The number of hydrogen-bond acceptors (Lipinski definition) is 4. The summed E-state index contributed by atoms with van der Waals surface area (Å²) in [5, 5.41) is 21.4. The fourth-order valence-electron chi connectivity index (χ4n) is 2.15. The molecular weight excluding hydrogens is 241 g/mol. The third kappa shape index (κ3) is 2.24. The van der Waals surface area contributed by atoms with Gasteiger partial charge in [0.15, 0.2) is 11.5 Å². The predicted molar refractivity (Wildman–Crippen MR) is 61.1 cm³/mol. The van der Waals surface area contributed by atoms with Gasteiger partial charge in [-0.1, -0.05) is 0 Å². The van der Waals surface area contributed by atoms with Crippen molar-refractivity contribution < 1.29 is 24.1 Å². The Morgan fingerprint density at radius 1 is 1.56 bits per heavy atom. The molecule has 0 saturated carbocycles. The Morgan fingerprint density at radius 2 is 2.28 bits per heavy atom. The van der Waals surface area contributed by atoms with Crippen LogP contribution in [0, 0.1) is 11.7 Å². The van der Waals surface area contributed by atoms with E-state index in [0.29, 0.717) is 13.0 Å². The average Bonchev–Trinajstić information content (AvgIpc) is 2.81. The van der Waals surface area contributed by atoms with Crippen molar-refractivity contribution in [3.05, 3.63) is 23.5 Å². The van der Waals surface area contributed by atoms with Crippen molar-refractivity contribution in [3.8, 4) is 11.5 Å². The monoisotopic (exact) mass is 255 g/mol. The molecule has 0 spiro atoms. The van der Waals surface area contributed by atoms with Gasteiger partial charge in [0.25, 0.3) is 0 Å². The lowest BCUT2D eigenvalue weighted by atomic mass is 9.99.